The fraction of sp³-hybridized carbons (Fsp3) is 0.150. The number of hydrogen-bond donors (Lipinski definition) is 1. The van der Waals surface area contributed by atoms with Crippen LogP contribution < -0.4 is 5.73 Å². The van der Waals surface area contributed by atoms with E-state index in [9.17, 15) is 4.79 Å². The summed E-state index contributed by atoms with van der Waals surface area (Å²) in [5.74, 6) is 0.417. The van der Waals surface area contributed by atoms with Crippen LogP contribution in [0.2, 0.25) is 0 Å². The van der Waals surface area contributed by atoms with Crippen molar-refractivity contribution >= 4 is 17.5 Å². The van der Waals surface area contributed by atoms with Crippen LogP contribution in [0.5, 0.6) is 0 Å². The summed E-state index contributed by atoms with van der Waals surface area (Å²) in [4.78, 5) is 16.3. The zero-order chi connectivity index (χ0) is 19.9. The largest absolute Gasteiger partial charge is 0.401 e. The van der Waals surface area contributed by atoms with E-state index in [0.717, 1.165) is 11.1 Å². The summed E-state index contributed by atoms with van der Waals surface area (Å²) in [7, 11) is 0. The molecule has 0 fully saturated rings. The molecule has 0 unspecified atom stereocenters. The van der Waals surface area contributed by atoms with Gasteiger partial charge in [-0.25, -0.2) is 0 Å². The molecule has 3 aromatic rings. The molecule has 0 saturated heterocycles. The van der Waals surface area contributed by atoms with E-state index in [0.29, 0.717) is 17.5 Å². The van der Waals surface area contributed by atoms with Gasteiger partial charge in [0.2, 0.25) is 0 Å². The molecule has 0 aliphatic rings. The van der Waals surface area contributed by atoms with Crippen molar-refractivity contribution in [3.8, 4) is 17.5 Å². The fourth-order valence-corrected chi connectivity index (χ4v) is 3.40. The molecular formula is C20H18N6OS. The van der Waals surface area contributed by atoms with Crippen LogP contribution in [0.1, 0.15) is 12.5 Å². The van der Waals surface area contributed by atoms with Crippen molar-refractivity contribution in [1.29, 1.82) is 5.26 Å². The first-order valence-corrected chi connectivity index (χ1v) is 9.48. The summed E-state index contributed by atoms with van der Waals surface area (Å²) < 4.78 is 1.95. The summed E-state index contributed by atoms with van der Waals surface area (Å²) in [6.45, 7) is 2.10. The second kappa shape index (κ2) is 8.97. The first-order valence-electron chi connectivity index (χ1n) is 8.50. The number of nitrogens with two attached hydrogens (primary N) is 1. The Hall–Kier alpha value is -3.44. The summed E-state index contributed by atoms with van der Waals surface area (Å²) >= 11 is 1.23. The number of allylic oxidation sites excluding steroid dienone is 2. The molecule has 0 bridgehead atoms. The van der Waals surface area contributed by atoms with E-state index in [1.54, 1.807) is 19.3 Å². The molecule has 7 nitrogen and oxygen atoms in total. The number of thioether (sulfide) groups is 1. The smallest absolute Gasteiger partial charge is 0.192 e. The first-order chi connectivity index (χ1) is 13.6. The Bertz CT molecular complexity index is 1030. The van der Waals surface area contributed by atoms with Crippen molar-refractivity contribution in [2.45, 2.75) is 18.6 Å². The van der Waals surface area contributed by atoms with Gasteiger partial charge < -0.3 is 5.73 Å². The van der Waals surface area contributed by atoms with Crippen molar-refractivity contribution in [3.63, 3.8) is 0 Å². The molecule has 0 radical (unpaired) electrons. The highest BCUT2D eigenvalue weighted by molar-refractivity contribution is 7.99. The van der Waals surface area contributed by atoms with Crippen LogP contribution in [-0.2, 0) is 11.3 Å². The highest BCUT2D eigenvalue weighted by Crippen LogP contribution is 2.25. The molecule has 0 atom stereocenters. The SMILES string of the molecule is C/C(N)=C(\C#N)C(=O)CSc1nnc(-c2ccncc2)n1Cc1ccccc1. The number of ketones is 1. The molecule has 1 aromatic carbocycles. The van der Waals surface area contributed by atoms with Crippen LogP contribution in [0.3, 0.4) is 0 Å². The number of carbonyl (C=O) groups is 1. The molecule has 0 saturated carbocycles. The molecule has 0 spiro atoms. The first kappa shape index (κ1) is 19.3. The number of hydrogen-bond acceptors (Lipinski definition) is 7. The lowest BCUT2D eigenvalue weighted by Gasteiger charge is -2.10. The van der Waals surface area contributed by atoms with E-state index in [4.69, 9.17) is 11.0 Å². The molecule has 140 valence electrons. The lowest BCUT2D eigenvalue weighted by molar-refractivity contribution is -0.112. The summed E-state index contributed by atoms with van der Waals surface area (Å²) in [6, 6.07) is 15.5. The minimum Gasteiger partial charge on any atom is -0.401 e. The monoisotopic (exact) mass is 390 g/mol. The van der Waals surface area contributed by atoms with Crippen molar-refractivity contribution < 1.29 is 4.79 Å². The molecule has 28 heavy (non-hydrogen) atoms. The van der Waals surface area contributed by atoms with Gasteiger partial charge in [-0.1, -0.05) is 42.1 Å². The molecule has 3 rings (SSSR count). The highest BCUT2D eigenvalue weighted by Gasteiger charge is 2.18. The second-order valence-corrected chi connectivity index (χ2v) is 6.94. The average Bonchev–Trinajstić information content (AvgIpc) is 3.10. The van der Waals surface area contributed by atoms with Crippen LogP contribution >= 0.6 is 11.8 Å². The zero-order valence-electron chi connectivity index (χ0n) is 15.2. The topological polar surface area (TPSA) is 110 Å². The maximum Gasteiger partial charge on any atom is 0.192 e. The lowest BCUT2D eigenvalue weighted by Crippen LogP contribution is -2.11. The third-order valence-corrected chi connectivity index (χ3v) is 4.92. The maximum absolute atomic E-state index is 12.3. The molecule has 2 N–H and O–H groups in total. The van der Waals surface area contributed by atoms with E-state index in [1.807, 2.05) is 53.1 Å². The number of benzene rings is 1. The number of pyridine rings is 1. The Balaban J connectivity index is 1.91. The summed E-state index contributed by atoms with van der Waals surface area (Å²) in [6.07, 6.45) is 3.39. The number of nitrogens with zero attached hydrogens (tertiary/aromatic N) is 5. The van der Waals surface area contributed by atoms with Crippen molar-refractivity contribution in [2.75, 3.05) is 5.75 Å². The standard InChI is InChI=1S/C20H18N6OS/c1-14(22)17(11-21)18(27)13-28-20-25-24-19(16-7-9-23-10-8-16)26(20)12-15-5-3-2-4-6-15/h2-10H,12-13,22H2,1H3/b17-14-. The van der Waals surface area contributed by atoms with Gasteiger partial charge in [-0.15, -0.1) is 10.2 Å². The van der Waals surface area contributed by atoms with E-state index in [1.165, 1.54) is 11.8 Å². The number of Topliss-reactive ketones (excluding diaryl/α,β-unsaturated/α-hetero) is 1. The molecule has 0 aliphatic carbocycles. The predicted molar refractivity (Wildman–Crippen MR) is 107 cm³/mol. The van der Waals surface area contributed by atoms with Crippen molar-refractivity contribution in [1.82, 2.24) is 19.7 Å². The minimum absolute atomic E-state index is 0.0176. The minimum atomic E-state index is -0.327. The van der Waals surface area contributed by atoms with Gasteiger partial charge in [0.05, 0.1) is 12.3 Å². The number of aromatic nitrogens is 4. The van der Waals surface area contributed by atoms with E-state index in [2.05, 4.69) is 15.2 Å². The Morgan fingerprint density at radius 3 is 2.54 bits per heavy atom. The van der Waals surface area contributed by atoms with Crippen LogP contribution in [0.15, 0.2) is 71.3 Å². The lowest BCUT2D eigenvalue weighted by atomic mass is 10.2. The fourth-order valence-electron chi connectivity index (χ4n) is 2.59. The van der Waals surface area contributed by atoms with E-state index < -0.39 is 0 Å². The van der Waals surface area contributed by atoms with Gasteiger partial charge >= 0.3 is 0 Å². The molecule has 2 aromatic heterocycles. The Kier molecular flexibility index (Phi) is 6.19. The van der Waals surface area contributed by atoms with Gasteiger partial charge in [0, 0.05) is 23.7 Å². The Morgan fingerprint density at radius 1 is 1.18 bits per heavy atom. The van der Waals surface area contributed by atoms with E-state index in [-0.39, 0.29) is 22.8 Å². The predicted octanol–water partition coefficient (Wildman–Crippen LogP) is 2.81. The number of carbonyl (C=O) groups excluding carboxylic acids is 1. The number of rotatable bonds is 7. The van der Waals surface area contributed by atoms with Crippen LogP contribution in [0.25, 0.3) is 11.4 Å². The van der Waals surface area contributed by atoms with E-state index >= 15 is 0 Å². The molecule has 0 amide bonds. The molecule has 8 heteroatoms. The quantitative estimate of drug-likeness (QED) is 0.375. The summed E-state index contributed by atoms with van der Waals surface area (Å²) in [5.41, 5.74) is 7.78. The second-order valence-electron chi connectivity index (χ2n) is 6.00. The van der Waals surface area contributed by atoms with Gasteiger partial charge in [-0.3, -0.25) is 14.3 Å². The normalized spacial score (nSPS) is 11.6. The molecule has 2 heterocycles. The van der Waals surface area contributed by atoms with Gasteiger partial charge in [-0.2, -0.15) is 5.26 Å². The van der Waals surface area contributed by atoms with Crippen LogP contribution in [0, 0.1) is 11.3 Å². The van der Waals surface area contributed by atoms with Crippen LogP contribution in [-0.4, -0.2) is 31.3 Å². The average molecular weight is 390 g/mol. The number of nitriles is 1. The third-order valence-electron chi connectivity index (χ3n) is 3.96. The Labute approximate surface area is 166 Å². The molecular weight excluding hydrogens is 372 g/mol. The van der Waals surface area contributed by atoms with Gasteiger partial charge in [0.15, 0.2) is 16.8 Å². The summed E-state index contributed by atoms with van der Waals surface area (Å²) in [5, 5.41) is 18.3. The highest BCUT2D eigenvalue weighted by atomic mass is 32.2. The third kappa shape index (κ3) is 4.45. The van der Waals surface area contributed by atoms with Gasteiger partial charge in [-0.05, 0) is 24.6 Å². The Morgan fingerprint density at radius 2 is 1.89 bits per heavy atom. The van der Waals surface area contributed by atoms with Gasteiger partial charge in [0.25, 0.3) is 0 Å². The van der Waals surface area contributed by atoms with Crippen molar-refractivity contribution in [2.24, 2.45) is 5.73 Å². The zero-order valence-corrected chi connectivity index (χ0v) is 16.1. The maximum atomic E-state index is 12.3. The van der Waals surface area contributed by atoms with Crippen molar-refractivity contribution in [3.05, 3.63) is 71.7 Å². The van der Waals surface area contributed by atoms with Gasteiger partial charge in [0.1, 0.15) is 11.6 Å². The van der Waals surface area contributed by atoms with Crippen LogP contribution in [0.4, 0.5) is 0 Å². The molecule has 0 aliphatic heterocycles.